The lowest BCUT2D eigenvalue weighted by Gasteiger charge is -2.30. The van der Waals surface area contributed by atoms with E-state index in [-0.39, 0.29) is 11.4 Å². The zero-order chi connectivity index (χ0) is 9.19. The molecule has 0 heterocycles. The molecular formula is C9H18N2O. The molecule has 0 saturated heterocycles. The normalized spacial score (nSPS) is 20.9. The van der Waals surface area contributed by atoms with Crippen LogP contribution in [-0.4, -0.2) is 37.5 Å². The van der Waals surface area contributed by atoms with Gasteiger partial charge in [0, 0.05) is 14.1 Å². The van der Waals surface area contributed by atoms with Crippen molar-refractivity contribution in [2.75, 3.05) is 21.1 Å². The van der Waals surface area contributed by atoms with Crippen LogP contribution in [0.5, 0.6) is 0 Å². The summed E-state index contributed by atoms with van der Waals surface area (Å²) in [6.45, 7) is 0. The first-order chi connectivity index (χ1) is 5.62. The molecule has 1 aliphatic carbocycles. The zero-order valence-electron chi connectivity index (χ0n) is 8.18. The van der Waals surface area contributed by atoms with Gasteiger partial charge in [0.1, 0.15) is 0 Å². The van der Waals surface area contributed by atoms with Gasteiger partial charge in [-0.05, 0) is 19.9 Å². The summed E-state index contributed by atoms with van der Waals surface area (Å²) in [4.78, 5) is 13.4. The molecule has 1 N–H and O–H groups in total. The predicted molar refractivity (Wildman–Crippen MR) is 49.0 cm³/mol. The molecule has 1 saturated carbocycles. The first-order valence-corrected chi connectivity index (χ1v) is 4.53. The van der Waals surface area contributed by atoms with Crippen molar-refractivity contribution < 1.29 is 4.79 Å². The Hall–Kier alpha value is -0.570. The van der Waals surface area contributed by atoms with Crippen LogP contribution in [0.15, 0.2) is 0 Å². The summed E-state index contributed by atoms with van der Waals surface area (Å²) < 4.78 is 0. The fourth-order valence-electron chi connectivity index (χ4n) is 1.98. The number of carbonyl (C=O) groups is 1. The van der Waals surface area contributed by atoms with E-state index in [4.69, 9.17) is 0 Å². The van der Waals surface area contributed by atoms with Crippen LogP contribution in [0.3, 0.4) is 0 Å². The maximum absolute atomic E-state index is 11.8. The fourth-order valence-corrected chi connectivity index (χ4v) is 1.98. The summed E-state index contributed by atoms with van der Waals surface area (Å²) in [5, 5.41) is 3.17. The second-order valence-electron chi connectivity index (χ2n) is 3.74. The smallest absolute Gasteiger partial charge is 0.242 e. The Morgan fingerprint density at radius 3 is 2.17 bits per heavy atom. The van der Waals surface area contributed by atoms with Gasteiger partial charge in [0.15, 0.2) is 0 Å². The van der Waals surface area contributed by atoms with Crippen LogP contribution in [0.4, 0.5) is 0 Å². The van der Waals surface area contributed by atoms with Gasteiger partial charge in [-0.15, -0.1) is 0 Å². The van der Waals surface area contributed by atoms with Gasteiger partial charge in [0.05, 0.1) is 5.54 Å². The number of amides is 1. The monoisotopic (exact) mass is 170 g/mol. The van der Waals surface area contributed by atoms with Gasteiger partial charge < -0.3 is 10.2 Å². The third-order valence-corrected chi connectivity index (χ3v) is 2.75. The summed E-state index contributed by atoms with van der Waals surface area (Å²) in [6, 6.07) is 0. The van der Waals surface area contributed by atoms with Crippen LogP contribution in [0.2, 0.25) is 0 Å². The van der Waals surface area contributed by atoms with E-state index in [2.05, 4.69) is 5.32 Å². The molecule has 0 aliphatic heterocycles. The van der Waals surface area contributed by atoms with Crippen molar-refractivity contribution in [1.29, 1.82) is 0 Å². The maximum Gasteiger partial charge on any atom is 0.242 e. The summed E-state index contributed by atoms with van der Waals surface area (Å²) in [5.74, 6) is 0.225. The molecule has 0 atom stereocenters. The highest BCUT2D eigenvalue weighted by Crippen LogP contribution is 2.30. The van der Waals surface area contributed by atoms with E-state index in [1.165, 1.54) is 12.8 Å². The SMILES string of the molecule is CNC1(C(=O)N(C)C)CCCC1. The second-order valence-corrected chi connectivity index (χ2v) is 3.74. The molecular weight excluding hydrogens is 152 g/mol. The Morgan fingerprint density at radius 1 is 1.33 bits per heavy atom. The molecule has 0 aromatic heterocycles. The molecule has 70 valence electrons. The molecule has 0 bridgehead atoms. The molecule has 12 heavy (non-hydrogen) atoms. The highest BCUT2D eigenvalue weighted by molar-refractivity contribution is 5.86. The van der Waals surface area contributed by atoms with Gasteiger partial charge in [-0.25, -0.2) is 0 Å². The van der Waals surface area contributed by atoms with E-state index in [9.17, 15) is 4.79 Å². The Balaban J connectivity index is 2.72. The Morgan fingerprint density at radius 2 is 1.83 bits per heavy atom. The fraction of sp³-hybridized carbons (Fsp3) is 0.889. The minimum atomic E-state index is -0.247. The Labute approximate surface area is 74.1 Å². The van der Waals surface area contributed by atoms with E-state index < -0.39 is 0 Å². The lowest BCUT2D eigenvalue weighted by Crippen LogP contribution is -2.53. The average Bonchev–Trinajstić information content (AvgIpc) is 2.52. The molecule has 0 unspecified atom stereocenters. The summed E-state index contributed by atoms with van der Waals surface area (Å²) in [6.07, 6.45) is 4.31. The van der Waals surface area contributed by atoms with Gasteiger partial charge in [-0.2, -0.15) is 0 Å². The number of likely N-dealkylation sites (N-methyl/N-ethyl adjacent to an activating group) is 2. The van der Waals surface area contributed by atoms with Crippen molar-refractivity contribution in [2.24, 2.45) is 0 Å². The molecule has 1 aliphatic rings. The molecule has 1 amide bonds. The molecule has 0 spiro atoms. The van der Waals surface area contributed by atoms with Crippen LogP contribution in [0, 0.1) is 0 Å². The topological polar surface area (TPSA) is 32.3 Å². The van der Waals surface area contributed by atoms with E-state index in [0.29, 0.717) is 0 Å². The van der Waals surface area contributed by atoms with Crippen molar-refractivity contribution in [1.82, 2.24) is 10.2 Å². The van der Waals surface area contributed by atoms with Crippen LogP contribution in [0.1, 0.15) is 25.7 Å². The maximum atomic E-state index is 11.8. The van der Waals surface area contributed by atoms with Gasteiger partial charge in [0.25, 0.3) is 0 Å². The number of carbonyl (C=O) groups excluding carboxylic acids is 1. The summed E-state index contributed by atoms with van der Waals surface area (Å²) >= 11 is 0. The molecule has 3 nitrogen and oxygen atoms in total. The number of hydrogen-bond donors (Lipinski definition) is 1. The second kappa shape index (κ2) is 3.44. The number of rotatable bonds is 2. The Kier molecular flexibility index (Phi) is 2.73. The highest BCUT2D eigenvalue weighted by Gasteiger charge is 2.40. The average molecular weight is 170 g/mol. The lowest BCUT2D eigenvalue weighted by atomic mass is 9.96. The molecule has 1 fully saturated rings. The van der Waals surface area contributed by atoms with E-state index in [1.54, 1.807) is 4.90 Å². The minimum absolute atomic E-state index is 0.225. The van der Waals surface area contributed by atoms with Gasteiger partial charge >= 0.3 is 0 Å². The number of hydrogen-bond acceptors (Lipinski definition) is 2. The van der Waals surface area contributed by atoms with Crippen molar-refractivity contribution in [3.05, 3.63) is 0 Å². The third kappa shape index (κ3) is 1.46. The number of nitrogens with one attached hydrogen (secondary N) is 1. The van der Waals surface area contributed by atoms with Crippen LogP contribution in [0.25, 0.3) is 0 Å². The summed E-state index contributed by atoms with van der Waals surface area (Å²) in [7, 11) is 5.52. The summed E-state index contributed by atoms with van der Waals surface area (Å²) in [5.41, 5.74) is -0.247. The largest absolute Gasteiger partial charge is 0.347 e. The van der Waals surface area contributed by atoms with Crippen molar-refractivity contribution >= 4 is 5.91 Å². The first kappa shape index (κ1) is 9.52. The van der Waals surface area contributed by atoms with Gasteiger partial charge in [-0.1, -0.05) is 12.8 Å². The van der Waals surface area contributed by atoms with Crippen LogP contribution in [-0.2, 0) is 4.79 Å². The highest BCUT2D eigenvalue weighted by atomic mass is 16.2. The van der Waals surface area contributed by atoms with E-state index >= 15 is 0 Å². The predicted octanol–water partition coefficient (Wildman–Crippen LogP) is 0.607. The molecule has 1 rings (SSSR count). The number of nitrogens with zero attached hydrogens (tertiary/aromatic N) is 1. The minimum Gasteiger partial charge on any atom is -0.347 e. The first-order valence-electron chi connectivity index (χ1n) is 4.53. The van der Waals surface area contributed by atoms with Gasteiger partial charge in [-0.3, -0.25) is 4.79 Å². The van der Waals surface area contributed by atoms with Crippen LogP contribution >= 0.6 is 0 Å². The lowest BCUT2D eigenvalue weighted by molar-refractivity contribution is -0.135. The molecule has 3 heteroatoms. The Bertz CT molecular complexity index is 171. The molecule has 0 aromatic carbocycles. The third-order valence-electron chi connectivity index (χ3n) is 2.75. The molecule has 0 radical (unpaired) electrons. The van der Waals surface area contributed by atoms with Crippen molar-refractivity contribution in [3.63, 3.8) is 0 Å². The quantitative estimate of drug-likeness (QED) is 0.658. The van der Waals surface area contributed by atoms with E-state index in [1.807, 2.05) is 21.1 Å². The van der Waals surface area contributed by atoms with Gasteiger partial charge in [0.2, 0.25) is 5.91 Å². The van der Waals surface area contributed by atoms with Crippen molar-refractivity contribution in [2.45, 2.75) is 31.2 Å². The van der Waals surface area contributed by atoms with Crippen LogP contribution < -0.4 is 5.32 Å². The van der Waals surface area contributed by atoms with E-state index in [0.717, 1.165) is 12.8 Å². The standard InChI is InChI=1S/C9H18N2O/c1-10-9(6-4-5-7-9)8(12)11(2)3/h10H,4-7H2,1-3H3. The molecule has 0 aromatic rings. The van der Waals surface area contributed by atoms with Crippen molar-refractivity contribution in [3.8, 4) is 0 Å². The zero-order valence-corrected chi connectivity index (χ0v) is 8.18.